The Labute approximate surface area is 107 Å². The minimum atomic E-state index is -0.395. The van der Waals surface area contributed by atoms with Crippen LogP contribution in [0.1, 0.15) is 5.56 Å². The molecule has 0 fully saturated rings. The fourth-order valence-corrected chi connectivity index (χ4v) is 2.37. The number of aryl methyl sites for hydroxylation is 1. The summed E-state index contributed by atoms with van der Waals surface area (Å²) in [5, 5.41) is 2.77. The highest BCUT2D eigenvalue weighted by molar-refractivity contribution is 6.07. The summed E-state index contributed by atoms with van der Waals surface area (Å²) in [6, 6.07) is 11.2. The Hall–Kier alpha value is -2.62. The van der Waals surface area contributed by atoms with Crippen molar-refractivity contribution in [1.82, 2.24) is 4.98 Å². The number of aromatic nitrogens is 1. The number of para-hydroxylation sites is 1. The lowest BCUT2D eigenvalue weighted by molar-refractivity contribution is 0.545. The topological polar surface area (TPSA) is 56.2 Å². The first kappa shape index (κ1) is 10.3. The summed E-state index contributed by atoms with van der Waals surface area (Å²) in [5.41, 5.74) is 2.04. The molecule has 19 heavy (non-hydrogen) atoms. The van der Waals surface area contributed by atoms with E-state index in [9.17, 15) is 4.79 Å². The van der Waals surface area contributed by atoms with Crippen molar-refractivity contribution in [2.24, 2.45) is 0 Å². The van der Waals surface area contributed by atoms with Gasteiger partial charge in [-0.05, 0) is 24.6 Å². The minimum Gasteiger partial charge on any atom is -0.438 e. The Bertz CT molecular complexity index is 995. The van der Waals surface area contributed by atoms with Crippen LogP contribution in [0.25, 0.3) is 33.2 Å². The zero-order valence-corrected chi connectivity index (χ0v) is 10.1. The van der Waals surface area contributed by atoms with E-state index in [1.54, 1.807) is 0 Å². The fraction of sp³-hybridized carbons (Fsp3) is 0.0667. The van der Waals surface area contributed by atoms with Gasteiger partial charge in [0.05, 0.1) is 0 Å². The summed E-state index contributed by atoms with van der Waals surface area (Å²) in [4.78, 5) is 15.7. The fourth-order valence-electron chi connectivity index (χ4n) is 2.37. The van der Waals surface area contributed by atoms with Gasteiger partial charge in [0.2, 0.25) is 11.4 Å². The van der Waals surface area contributed by atoms with E-state index >= 15 is 0 Å². The molecule has 4 aromatic rings. The molecule has 0 atom stereocenters. The molecule has 1 aromatic carbocycles. The van der Waals surface area contributed by atoms with E-state index in [-0.39, 0.29) is 0 Å². The molecule has 3 heterocycles. The van der Waals surface area contributed by atoms with E-state index in [2.05, 4.69) is 4.98 Å². The molecular weight excluding hydrogens is 242 g/mol. The molecule has 0 N–H and O–H groups in total. The highest BCUT2D eigenvalue weighted by atomic mass is 16.4. The minimum absolute atomic E-state index is 0.316. The van der Waals surface area contributed by atoms with Gasteiger partial charge in [0.1, 0.15) is 5.58 Å². The third-order valence-electron chi connectivity index (χ3n) is 3.29. The highest BCUT2D eigenvalue weighted by Gasteiger charge is 2.11. The molecule has 4 nitrogen and oxygen atoms in total. The van der Waals surface area contributed by atoms with Gasteiger partial charge in [0.25, 0.3) is 0 Å². The van der Waals surface area contributed by atoms with Crippen LogP contribution in [0.4, 0.5) is 0 Å². The lowest BCUT2D eigenvalue weighted by atomic mass is 10.1. The summed E-state index contributed by atoms with van der Waals surface area (Å²) in [6.45, 7) is 1.87. The molecule has 0 aliphatic heterocycles. The smallest absolute Gasteiger partial charge is 0.337 e. The molecule has 0 unspecified atom stereocenters. The van der Waals surface area contributed by atoms with E-state index in [1.807, 2.05) is 37.3 Å². The predicted molar refractivity (Wildman–Crippen MR) is 72.3 cm³/mol. The van der Waals surface area contributed by atoms with Gasteiger partial charge < -0.3 is 8.83 Å². The molecule has 0 aliphatic carbocycles. The van der Waals surface area contributed by atoms with Crippen LogP contribution in [-0.4, -0.2) is 4.98 Å². The molecule has 0 radical (unpaired) electrons. The Morgan fingerprint density at radius 3 is 2.63 bits per heavy atom. The van der Waals surface area contributed by atoms with Gasteiger partial charge in [0.15, 0.2) is 0 Å². The van der Waals surface area contributed by atoms with Crippen LogP contribution >= 0.6 is 0 Å². The maximum absolute atomic E-state index is 11.4. The van der Waals surface area contributed by atoms with Crippen molar-refractivity contribution in [3.05, 3.63) is 52.4 Å². The summed E-state index contributed by atoms with van der Waals surface area (Å²) in [7, 11) is 0. The molecule has 0 spiro atoms. The van der Waals surface area contributed by atoms with Crippen LogP contribution in [0, 0.1) is 6.92 Å². The van der Waals surface area contributed by atoms with Gasteiger partial charge in [-0.25, -0.2) is 4.79 Å². The quantitative estimate of drug-likeness (QED) is 0.480. The van der Waals surface area contributed by atoms with E-state index in [0.717, 1.165) is 27.3 Å². The molecule has 0 bridgehead atoms. The SMILES string of the molecule is Cc1cc(=O)oc2nc3oc4ccccc4c3cc12. The first-order chi connectivity index (χ1) is 9.22. The van der Waals surface area contributed by atoms with Crippen molar-refractivity contribution in [1.29, 1.82) is 0 Å². The third kappa shape index (κ3) is 1.40. The van der Waals surface area contributed by atoms with Crippen molar-refractivity contribution in [3.63, 3.8) is 0 Å². The van der Waals surface area contributed by atoms with Gasteiger partial charge in [-0.15, -0.1) is 0 Å². The van der Waals surface area contributed by atoms with E-state index in [4.69, 9.17) is 8.83 Å². The second-order valence-electron chi connectivity index (χ2n) is 4.54. The van der Waals surface area contributed by atoms with Crippen molar-refractivity contribution in [2.75, 3.05) is 0 Å². The van der Waals surface area contributed by atoms with Crippen LogP contribution in [0.3, 0.4) is 0 Å². The average Bonchev–Trinajstić information content (AvgIpc) is 2.74. The third-order valence-corrected chi connectivity index (χ3v) is 3.29. The molecule has 0 saturated carbocycles. The number of fused-ring (bicyclic) bond motifs is 4. The van der Waals surface area contributed by atoms with Crippen molar-refractivity contribution < 1.29 is 8.83 Å². The molecular formula is C15H9NO3. The van der Waals surface area contributed by atoms with Gasteiger partial charge in [-0.1, -0.05) is 18.2 Å². The number of hydrogen-bond donors (Lipinski definition) is 0. The Kier molecular flexibility index (Phi) is 1.87. The van der Waals surface area contributed by atoms with Crippen molar-refractivity contribution >= 4 is 33.2 Å². The molecule has 92 valence electrons. The summed E-state index contributed by atoms with van der Waals surface area (Å²) in [5.74, 6) is 0. The zero-order chi connectivity index (χ0) is 13.0. The lowest BCUT2D eigenvalue weighted by Crippen LogP contribution is -1.98. The molecule has 3 aromatic heterocycles. The normalized spacial score (nSPS) is 11.6. The molecule has 4 heteroatoms. The lowest BCUT2D eigenvalue weighted by Gasteiger charge is -1.98. The molecule has 0 saturated heterocycles. The van der Waals surface area contributed by atoms with Crippen molar-refractivity contribution in [2.45, 2.75) is 6.92 Å². The van der Waals surface area contributed by atoms with Crippen molar-refractivity contribution in [3.8, 4) is 0 Å². The standard InChI is InChI=1S/C15H9NO3/c1-8-6-13(17)19-14-10(8)7-11-9-4-2-3-5-12(9)18-15(11)16-14/h2-7H,1H3. The van der Waals surface area contributed by atoms with E-state index in [0.29, 0.717) is 11.4 Å². The van der Waals surface area contributed by atoms with Gasteiger partial charge in [-0.2, -0.15) is 4.98 Å². The molecule has 0 amide bonds. The maximum atomic E-state index is 11.4. The number of rotatable bonds is 0. The number of pyridine rings is 1. The maximum Gasteiger partial charge on any atom is 0.337 e. The number of benzene rings is 1. The molecule has 0 aliphatic rings. The largest absolute Gasteiger partial charge is 0.438 e. The summed E-state index contributed by atoms with van der Waals surface area (Å²) < 4.78 is 10.8. The van der Waals surface area contributed by atoms with Crippen LogP contribution in [0.5, 0.6) is 0 Å². The van der Waals surface area contributed by atoms with E-state index in [1.165, 1.54) is 6.07 Å². The van der Waals surface area contributed by atoms with E-state index < -0.39 is 5.63 Å². The van der Waals surface area contributed by atoms with Gasteiger partial charge in [-0.3, -0.25) is 0 Å². The Balaban J connectivity index is 2.28. The molecule has 4 rings (SSSR count). The number of nitrogens with zero attached hydrogens (tertiary/aromatic N) is 1. The Morgan fingerprint density at radius 1 is 0.947 bits per heavy atom. The summed E-state index contributed by atoms with van der Waals surface area (Å²) >= 11 is 0. The zero-order valence-electron chi connectivity index (χ0n) is 10.1. The second-order valence-corrected chi connectivity index (χ2v) is 4.54. The number of hydrogen-bond acceptors (Lipinski definition) is 4. The second kappa shape index (κ2) is 3.45. The summed E-state index contributed by atoms with van der Waals surface area (Å²) in [6.07, 6.45) is 0. The predicted octanol–water partition coefficient (Wildman–Crippen LogP) is 3.40. The van der Waals surface area contributed by atoms with Crippen LogP contribution in [0.15, 0.2) is 50.0 Å². The average molecular weight is 251 g/mol. The first-order valence-corrected chi connectivity index (χ1v) is 5.95. The monoisotopic (exact) mass is 251 g/mol. The first-order valence-electron chi connectivity index (χ1n) is 5.95. The number of furan rings is 1. The Morgan fingerprint density at radius 2 is 1.74 bits per heavy atom. The van der Waals surface area contributed by atoms with Gasteiger partial charge in [0, 0.05) is 22.2 Å². The van der Waals surface area contributed by atoms with Crippen LogP contribution in [-0.2, 0) is 0 Å². The van der Waals surface area contributed by atoms with Crippen LogP contribution in [0.2, 0.25) is 0 Å². The van der Waals surface area contributed by atoms with Crippen LogP contribution < -0.4 is 5.63 Å². The van der Waals surface area contributed by atoms with Gasteiger partial charge >= 0.3 is 5.63 Å². The highest BCUT2D eigenvalue weighted by Crippen LogP contribution is 2.30.